The highest BCUT2D eigenvalue weighted by molar-refractivity contribution is 6.05. The van der Waals surface area contributed by atoms with Crippen LogP contribution in [0.5, 0.6) is 0 Å². The Morgan fingerprint density at radius 3 is 2.52 bits per heavy atom. The van der Waals surface area contributed by atoms with E-state index in [2.05, 4.69) is 56.3 Å². The minimum atomic E-state index is -0.364. The third-order valence-corrected chi connectivity index (χ3v) is 10.3. The second kappa shape index (κ2) is 13.5. The van der Waals surface area contributed by atoms with Gasteiger partial charge in [-0.05, 0) is 92.4 Å². The lowest BCUT2D eigenvalue weighted by Crippen LogP contribution is -2.49. The van der Waals surface area contributed by atoms with E-state index in [-0.39, 0.29) is 23.8 Å². The van der Waals surface area contributed by atoms with Crippen molar-refractivity contribution in [3.8, 4) is 11.4 Å². The summed E-state index contributed by atoms with van der Waals surface area (Å²) >= 11 is 0. The van der Waals surface area contributed by atoms with Crippen molar-refractivity contribution >= 4 is 34.9 Å². The van der Waals surface area contributed by atoms with E-state index >= 15 is 0 Å². The van der Waals surface area contributed by atoms with Gasteiger partial charge in [-0.15, -0.1) is 5.10 Å². The van der Waals surface area contributed by atoms with Crippen molar-refractivity contribution in [2.24, 2.45) is 0 Å². The Hall–Kier alpha value is -5.36. The second-order valence-electron chi connectivity index (χ2n) is 13.4. The standard InChI is InChI=1S/C38H40FN9O2/c1-44(25-26-10-12-30(13-11-26)46-22-18-37(49)42-38(46)50)29-16-20-45(21-17-29)35-9-3-7-31(41-35)33-24-40-34-14-15-36(43-48(33)34)47-19-4-8-32(47)27-5-2-6-28(39)23-27/h2-3,5-7,9-15,23-24,29,32H,4,8,16-22,25H2,1H3,(H,42,49,50)/t32-/m1/s1. The first-order valence-corrected chi connectivity index (χ1v) is 17.4. The average molecular weight is 674 g/mol. The van der Waals surface area contributed by atoms with Gasteiger partial charge in [-0.25, -0.2) is 23.7 Å². The number of pyridine rings is 1. The van der Waals surface area contributed by atoms with Crippen molar-refractivity contribution in [1.82, 2.24) is 29.8 Å². The number of fused-ring (bicyclic) bond motifs is 1. The number of nitrogens with zero attached hydrogens (tertiary/aromatic N) is 8. The molecule has 3 aliphatic heterocycles. The van der Waals surface area contributed by atoms with E-state index in [4.69, 9.17) is 10.1 Å². The van der Waals surface area contributed by atoms with E-state index in [0.29, 0.717) is 19.0 Å². The number of carbonyl (C=O) groups excluding carboxylic acids is 2. The van der Waals surface area contributed by atoms with Gasteiger partial charge in [-0.3, -0.25) is 19.9 Å². The predicted molar refractivity (Wildman–Crippen MR) is 191 cm³/mol. The van der Waals surface area contributed by atoms with Crippen molar-refractivity contribution in [2.45, 2.75) is 50.7 Å². The molecule has 3 fully saturated rings. The summed E-state index contributed by atoms with van der Waals surface area (Å²) in [5.41, 5.74) is 5.36. The number of imide groups is 1. The summed E-state index contributed by atoms with van der Waals surface area (Å²) < 4.78 is 15.9. The van der Waals surface area contributed by atoms with Crippen LogP contribution in [-0.4, -0.2) is 75.7 Å². The molecular formula is C38H40FN9O2. The van der Waals surface area contributed by atoms with Gasteiger partial charge in [-0.2, -0.15) is 0 Å². The quantitative estimate of drug-likeness (QED) is 0.220. The second-order valence-corrected chi connectivity index (χ2v) is 13.4. The van der Waals surface area contributed by atoms with Crippen molar-refractivity contribution < 1.29 is 14.0 Å². The van der Waals surface area contributed by atoms with Gasteiger partial charge in [0.05, 0.1) is 17.9 Å². The van der Waals surface area contributed by atoms with Crippen LogP contribution in [0.1, 0.15) is 49.3 Å². The first kappa shape index (κ1) is 31.9. The molecule has 12 heteroatoms. The highest BCUT2D eigenvalue weighted by atomic mass is 19.1. The van der Waals surface area contributed by atoms with Crippen LogP contribution in [0.15, 0.2) is 85.1 Å². The molecule has 1 N–H and O–H groups in total. The predicted octanol–water partition coefficient (Wildman–Crippen LogP) is 5.82. The van der Waals surface area contributed by atoms with Crippen LogP contribution < -0.4 is 20.0 Å². The van der Waals surface area contributed by atoms with Gasteiger partial charge in [0, 0.05) is 50.9 Å². The monoisotopic (exact) mass is 673 g/mol. The largest absolute Gasteiger partial charge is 0.356 e. The molecule has 3 saturated heterocycles. The Morgan fingerprint density at radius 2 is 1.72 bits per heavy atom. The van der Waals surface area contributed by atoms with E-state index in [0.717, 1.165) is 91.8 Å². The van der Waals surface area contributed by atoms with Crippen LogP contribution >= 0.6 is 0 Å². The summed E-state index contributed by atoms with van der Waals surface area (Å²) in [6.45, 7) is 3.87. The van der Waals surface area contributed by atoms with E-state index in [1.54, 1.807) is 17.0 Å². The number of halogens is 1. The van der Waals surface area contributed by atoms with Crippen molar-refractivity contribution in [3.05, 3.63) is 102 Å². The number of hydrogen-bond donors (Lipinski definition) is 1. The van der Waals surface area contributed by atoms with E-state index in [9.17, 15) is 14.0 Å². The molecule has 0 spiro atoms. The Balaban J connectivity index is 0.920. The molecule has 6 heterocycles. The minimum Gasteiger partial charge on any atom is -0.356 e. The number of amides is 3. The van der Waals surface area contributed by atoms with Gasteiger partial charge in [0.15, 0.2) is 5.65 Å². The number of anilines is 3. The molecule has 0 saturated carbocycles. The summed E-state index contributed by atoms with van der Waals surface area (Å²) in [6, 6.07) is 25.2. The highest BCUT2D eigenvalue weighted by Crippen LogP contribution is 2.36. The Labute approximate surface area is 290 Å². The lowest BCUT2D eigenvalue weighted by Gasteiger charge is -2.37. The molecule has 8 rings (SSSR count). The molecule has 0 bridgehead atoms. The minimum absolute atomic E-state index is 0.0785. The normalized spacial score (nSPS) is 18.8. The number of rotatable bonds is 8. The fraction of sp³-hybridized carbons (Fsp3) is 0.342. The number of hydrogen-bond acceptors (Lipinski definition) is 8. The zero-order valence-corrected chi connectivity index (χ0v) is 28.1. The fourth-order valence-corrected chi connectivity index (χ4v) is 7.58. The average Bonchev–Trinajstić information content (AvgIpc) is 3.80. The maximum Gasteiger partial charge on any atom is 0.328 e. The van der Waals surface area contributed by atoms with Gasteiger partial charge < -0.3 is 9.80 Å². The van der Waals surface area contributed by atoms with Gasteiger partial charge in [0.2, 0.25) is 5.91 Å². The number of aromatic nitrogens is 4. The number of urea groups is 1. The molecule has 50 heavy (non-hydrogen) atoms. The molecule has 2 aromatic carbocycles. The van der Waals surface area contributed by atoms with Gasteiger partial charge in [0.25, 0.3) is 0 Å². The lowest BCUT2D eigenvalue weighted by atomic mass is 10.0. The van der Waals surface area contributed by atoms with Gasteiger partial charge in [0.1, 0.15) is 23.1 Å². The molecule has 5 aromatic rings. The van der Waals surface area contributed by atoms with Crippen LogP contribution in [0.2, 0.25) is 0 Å². The Morgan fingerprint density at radius 1 is 0.900 bits per heavy atom. The fourth-order valence-electron chi connectivity index (χ4n) is 7.58. The number of piperidine rings is 1. The van der Waals surface area contributed by atoms with Gasteiger partial charge in [-0.1, -0.05) is 30.3 Å². The topological polar surface area (TPSA) is 102 Å². The zero-order valence-electron chi connectivity index (χ0n) is 28.1. The molecule has 1 atom stereocenters. The highest BCUT2D eigenvalue weighted by Gasteiger charge is 2.29. The number of nitrogens with one attached hydrogen (secondary N) is 1. The van der Waals surface area contributed by atoms with Crippen LogP contribution in [0, 0.1) is 5.82 Å². The van der Waals surface area contributed by atoms with Crippen molar-refractivity contribution in [1.29, 1.82) is 0 Å². The lowest BCUT2D eigenvalue weighted by molar-refractivity contribution is -0.120. The summed E-state index contributed by atoms with van der Waals surface area (Å²) in [5, 5.41) is 7.41. The maximum absolute atomic E-state index is 14.1. The number of imidazole rings is 1. The molecule has 3 aliphatic rings. The molecular weight excluding hydrogens is 633 g/mol. The molecule has 256 valence electrons. The Kier molecular flexibility index (Phi) is 8.61. The summed E-state index contributed by atoms with van der Waals surface area (Å²) in [5.74, 6) is 1.34. The first-order chi connectivity index (χ1) is 24.4. The number of carbonyl (C=O) groups is 2. The van der Waals surface area contributed by atoms with Crippen molar-refractivity contribution in [2.75, 3.05) is 47.9 Å². The van der Waals surface area contributed by atoms with E-state index < -0.39 is 0 Å². The molecule has 3 aromatic heterocycles. The van der Waals surface area contributed by atoms with Crippen LogP contribution in [0.25, 0.3) is 17.0 Å². The molecule has 0 aliphatic carbocycles. The van der Waals surface area contributed by atoms with E-state index in [1.807, 2.05) is 47.1 Å². The van der Waals surface area contributed by atoms with E-state index in [1.165, 1.54) is 11.6 Å². The SMILES string of the molecule is CN(Cc1ccc(N2CCC(=O)NC2=O)cc1)C1CCN(c2cccc(-c3cnc4ccc(N5CCC[C@@H]5c5cccc(F)c5)nn34)n2)CC1. The molecule has 3 amide bonds. The zero-order chi connectivity index (χ0) is 34.2. The van der Waals surface area contributed by atoms with Crippen molar-refractivity contribution in [3.63, 3.8) is 0 Å². The smallest absolute Gasteiger partial charge is 0.328 e. The molecule has 0 unspecified atom stereocenters. The van der Waals surface area contributed by atoms with Crippen LogP contribution in [-0.2, 0) is 11.3 Å². The molecule has 11 nitrogen and oxygen atoms in total. The van der Waals surface area contributed by atoms with Crippen LogP contribution in [0.4, 0.5) is 26.5 Å². The molecule has 0 radical (unpaired) electrons. The number of benzene rings is 2. The third kappa shape index (κ3) is 6.38. The third-order valence-electron chi connectivity index (χ3n) is 10.3. The summed E-state index contributed by atoms with van der Waals surface area (Å²) in [4.78, 5) is 42.1. The summed E-state index contributed by atoms with van der Waals surface area (Å²) in [7, 11) is 2.17. The van der Waals surface area contributed by atoms with Gasteiger partial charge >= 0.3 is 6.03 Å². The van der Waals surface area contributed by atoms with Crippen LogP contribution in [0.3, 0.4) is 0 Å². The summed E-state index contributed by atoms with van der Waals surface area (Å²) in [6.07, 6.45) is 6.16. The Bertz CT molecular complexity index is 2020. The first-order valence-electron chi connectivity index (χ1n) is 17.4. The maximum atomic E-state index is 14.1.